The lowest BCUT2D eigenvalue weighted by molar-refractivity contribution is -0.680. The van der Waals surface area contributed by atoms with Crippen molar-refractivity contribution in [3.63, 3.8) is 0 Å². The van der Waals surface area contributed by atoms with E-state index in [0.717, 1.165) is 5.69 Å². The van der Waals surface area contributed by atoms with Crippen LogP contribution >= 0.6 is 0 Å². The Labute approximate surface area is 65.5 Å². The number of rotatable bonds is 0. The predicted molar refractivity (Wildman–Crippen MR) is 24.6 cm³/mol. The van der Waals surface area contributed by atoms with E-state index in [0.29, 0.717) is 0 Å². The molecule has 0 fully saturated rings. The summed E-state index contributed by atoms with van der Waals surface area (Å²) in [6, 6.07) is 0. The maximum Gasteiger partial charge on any atom is 0.334 e. The van der Waals surface area contributed by atoms with Crippen LogP contribution in [0.5, 0.6) is 0 Å². The Morgan fingerprint density at radius 1 is 1.62 bits per heavy atom. The first kappa shape index (κ1) is 7.94. The Hall–Kier alpha value is -0.0600. The minimum Gasteiger partial charge on any atom is -1.00 e. The summed E-state index contributed by atoms with van der Waals surface area (Å²) in [4.78, 5) is 0. The van der Waals surface area contributed by atoms with Crippen molar-refractivity contribution in [2.45, 2.75) is 6.92 Å². The summed E-state index contributed by atoms with van der Waals surface area (Å²) in [5, 5.41) is 0. The van der Waals surface area contributed by atoms with Gasteiger partial charge in [0.2, 0.25) is 5.69 Å². The quantitative estimate of drug-likeness (QED) is 0.350. The van der Waals surface area contributed by atoms with E-state index in [2.05, 4.69) is 0 Å². The van der Waals surface area contributed by atoms with Gasteiger partial charge in [-0.1, -0.05) is 0 Å². The molecule has 1 aromatic rings. The zero-order valence-corrected chi connectivity index (χ0v) is 7.05. The Bertz CT molecular complexity index is 145. The van der Waals surface area contributed by atoms with Gasteiger partial charge in [-0.15, -0.1) is 0 Å². The van der Waals surface area contributed by atoms with Crippen molar-refractivity contribution in [1.82, 2.24) is 0 Å². The highest BCUT2D eigenvalue weighted by Crippen LogP contribution is 1.83. The fourth-order valence-electron chi connectivity index (χ4n) is 0.386. The molecule has 3 heteroatoms. The van der Waals surface area contributed by atoms with Crippen molar-refractivity contribution in [3.8, 4) is 0 Å². The van der Waals surface area contributed by atoms with Crippen LogP contribution in [0, 0.1) is 6.92 Å². The van der Waals surface area contributed by atoms with E-state index in [1.54, 1.807) is 12.7 Å². The monoisotopic (exact) mass is 225 g/mol. The topological polar surface area (TPSA) is 17.0 Å². The molecule has 1 rings (SSSR count). The molecule has 46 valence electrons. The van der Waals surface area contributed by atoms with Crippen LogP contribution < -0.4 is 28.5 Å². The molecule has 0 aliphatic heterocycles. The van der Waals surface area contributed by atoms with E-state index in [4.69, 9.17) is 4.42 Å². The molecule has 2 nitrogen and oxygen atoms in total. The molecule has 0 atom stereocenters. The summed E-state index contributed by atoms with van der Waals surface area (Å²) >= 11 is 0. The number of hydrogen-bond donors (Lipinski definition) is 0. The summed E-state index contributed by atoms with van der Waals surface area (Å²) in [6.07, 6.45) is 3.37. The van der Waals surface area contributed by atoms with Gasteiger partial charge in [-0.3, -0.25) is 0 Å². The van der Waals surface area contributed by atoms with Gasteiger partial charge in [-0.05, 0) is 0 Å². The maximum absolute atomic E-state index is 4.81. The Morgan fingerprint density at radius 3 is 2.38 bits per heavy atom. The van der Waals surface area contributed by atoms with Gasteiger partial charge in [0.05, 0.1) is 0 Å². The number of aromatic nitrogens is 1. The Balaban J connectivity index is 0.000000490. The second-order valence-electron chi connectivity index (χ2n) is 1.61. The lowest BCUT2D eigenvalue weighted by Crippen LogP contribution is -3.00. The van der Waals surface area contributed by atoms with Crippen LogP contribution in [0.15, 0.2) is 17.1 Å². The van der Waals surface area contributed by atoms with Crippen LogP contribution in [-0.2, 0) is 7.05 Å². The second kappa shape index (κ2) is 3.06. The molecule has 0 radical (unpaired) electrons. The van der Waals surface area contributed by atoms with Gasteiger partial charge in [0.15, 0.2) is 6.26 Å². The van der Waals surface area contributed by atoms with E-state index in [1.807, 2.05) is 18.5 Å². The van der Waals surface area contributed by atoms with Crippen molar-refractivity contribution in [2.24, 2.45) is 7.05 Å². The Morgan fingerprint density at radius 2 is 2.25 bits per heavy atom. The van der Waals surface area contributed by atoms with Gasteiger partial charge in [0, 0.05) is 6.92 Å². The molecule has 0 bridgehead atoms. The summed E-state index contributed by atoms with van der Waals surface area (Å²) in [6.45, 7) is 1.99. The third-order valence-corrected chi connectivity index (χ3v) is 1.01. The lowest BCUT2D eigenvalue weighted by Gasteiger charge is -1.71. The summed E-state index contributed by atoms with van der Waals surface area (Å²) in [5.74, 6) is 0. The molecule has 0 aliphatic carbocycles. The minimum absolute atomic E-state index is 0. The molecule has 1 heterocycles. The van der Waals surface area contributed by atoms with Crippen LogP contribution in [0.25, 0.3) is 0 Å². The molecule has 0 aromatic carbocycles. The molecule has 0 N–H and O–H groups in total. The van der Waals surface area contributed by atoms with Gasteiger partial charge in [-0.25, -0.2) is 0 Å². The first-order chi connectivity index (χ1) is 3.30. The highest BCUT2D eigenvalue weighted by Gasteiger charge is 1.97. The largest absolute Gasteiger partial charge is 1.00 e. The average Bonchev–Trinajstić information content (AvgIpc) is 1.91. The molecule has 0 saturated heterocycles. The van der Waals surface area contributed by atoms with Crippen LogP contribution in [0.2, 0.25) is 0 Å². The van der Waals surface area contributed by atoms with E-state index in [1.165, 1.54) is 0 Å². The summed E-state index contributed by atoms with van der Waals surface area (Å²) < 4.78 is 6.72. The van der Waals surface area contributed by atoms with Gasteiger partial charge in [-0.2, -0.15) is 4.57 Å². The van der Waals surface area contributed by atoms with Crippen LogP contribution in [-0.4, -0.2) is 0 Å². The maximum atomic E-state index is 4.81. The van der Waals surface area contributed by atoms with Gasteiger partial charge < -0.3 is 28.4 Å². The lowest BCUT2D eigenvalue weighted by atomic mass is 10.6. The second-order valence-corrected chi connectivity index (χ2v) is 1.61. The Kier molecular flexibility index (Phi) is 3.04. The molecule has 0 saturated carbocycles. The van der Waals surface area contributed by atoms with Crippen LogP contribution in [0.3, 0.4) is 0 Å². The van der Waals surface area contributed by atoms with Crippen molar-refractivity contribution < 1.29 is 33.0 Å². The fraction of sp³-hybridized carbons (Fsp3) is 0.400. The third-order valence-electron chi connectivity index (χ3n) is 1.01. The van der Waals surface area contributed by atoms with Gasteiger partial charge >= 0.3 is 6.39 Å². The number of hydrogen-bond acceptors (Lipinski definition) is 1. The molecular weight excluding hydrogens is 217 g/mol. The van der Waals surface area contributed by atoms with Gasteiger partial charge in [0.25, 0.3) is 0 Å². The molecule has 8 heavy (non-hydrogen) atoms. The molecule has 0 unspecified atom stereocenters. The van der Waals surface area contributed by atoms with Crippen molar-refractivity contribution in [3.05, 3.63) is 18.4 Å². The highest BCUT2D eigenvalue weighted by molar-refractivity contribution is 4.74. The number of oxazole rings is 1. The highest BCUT2D eigenvalue weighted by atomic mass is 127. The summed E-state index contributed by atoms with van der Waals surface area (Å²) in [7, 11) is 1.94. The zero-order valence-electron chi connectivity index (χ0n) is 4.89. The standard InChI is InChI=1S/C5H8NO.HI/c1-5-3-7-4-6(5)2;/h3-4H,1-2H3;1H/q+1;/p-1. The SMILES string of the molecule is Cc1coc[n+]1C.[I-]. The van der Waals surface area contributed by atoms with Crippen molar-refractivity contribution >= 4 is 0 Å². The molecule has 0 spiro atoms. The number of halogens is 1. The molecule has 0 amide bonds. The zero-order chi connectivity index (χ0) is 5.28. The molecular formula is C5H8INO. The molecule has 1 aromatic heterocycles. The van der Waals surface area contributed by atoms with E-state index in [9.17, 15) is 0 Å². The predicted octanol–water partition coefficient (Wildman–Crippen LogP) is -2.58. The van der Waals surface area contributed by atoms with Crippen molar-refractivity contribution in [1.29, 1.82) is 0 Å². The first-order valence-electron chi connectivity index (χ1n) is 2.19. The fourth-order valence-corrected chi connectivity index (χ4v) is 0.386. The average molecular weight is 225 g/mol. The van der Waals surface area contributed by atoms with E-state index < -0.39 is 0 Å². The normalized spacial score (nSPS) is 8.25. The summed E-state index contributed by atoms with van der Waals surface area (Å²) in [5.41, 5.74) is 1.14. The smallest absolute Gasteiger partial charge is 0.334 e. The molecule has 0 aliphatic rings. The minimum atomic E-state index is 0. The van der Waals surface area contributed by atoms with Crippen LogP contribution in [0.1, 0.15) is 5.69 Å². The van der Waals surface area contributed by atoms with Crippen molar-refractivity contribution in [2.75, 3.05) is 0 Å². The first-order valence-corrected chi connectivity index (χ1v) is 2.19. The van der Waals surface area contributed by atoms with Gasteiger partial charge in [0.1, 0.15) is 7.05 Å². The van der Waals surface area contributed by atoms with E-state index in [-0.39, 0.29) is 24.0 Å². The number of aryl methyl sites for hydroxylation is 2. The third kappa shape index (κ3) is 1.47. The number of nitrogens with zero attached hydrogens (tertiary/aromatic N) is 1. The van der Waals surface area contributed by atoms with E-state index >= 15 is 0 Å². The van der Waals surface area contributed by atoms with Crippen LogP contribution in [0.4, 0.5) is 0 Å².